The molecule has 0 unspecified atom stereocenters. The van der Waals surface area contributed by atoms with Gasteiger partial charge >= 0.3 is 5.97 Å². The van der Waals surface area contributed by atoms with Gasteiger partial charge in [0.1, 0.15) is 15.7 Å². The van der Waals surface area contributed by atoms with Gasteiger partial charge in [0.2, 0.25) is 5.89 Å². The van der Waals surface area contributed by atoms with Gasteiger partial charge in [-0.2, -0.15) is 4.31 Å². The lowest BCUT2D eigenvalue weighted by Gasteiger charge is -2.30. The third kappa shape index (κ3) is 6.30. The van der Waals surface area contributed by atoms with E-state index in [2.05, 4.69) is 9.97 Å². The zero-order valence-electron chi connectivity index (χ0n) is 24.1. The molecule has 0 atom stereocenters. The Kier molecular flexibility index (Phi) is 8.60. The van der Waals surface area contributed by atoms with Crippen LogP contribution in [0.4, 0.5) is 0 Å². The van der Waals surface area contributed by atoms with Gasteiger partial charge in [-0.25, -0.2) is 13.4 Å². The Morgan fingerprint density at radius 3 is 2.61 bits per heavy atom. The quantitative estimate of drug-likeness (QED) is 0.184. The van der Waals surface area contributed by atoms with Crippen LogP contribution in [-0.4, -0.2) is 46.9 Å². The van der Waals surface area contributed by atoms with Crippen LogP contribution in [0.25, 0.3) is 21.9 Å². The van der Waals surface area contributed by atoms with Gasteiger partial charge in [-0.15, -0.1) is 11.3 Å². The fourth-order valence-electron chi connectivity index (χ4n) is 5.37. The molecule has 0 saturated heterocycles. The molecule has 11 heteroatoms. The molecule has 1 aliphatic heterocycles. The number of aliphatic carboxylic acids is 1. The number of hydrogen-bond acceptors (Lipinski definition) is 8. The van der Waals surface area contributed by atoms with Crippen molar-refractivity contribution < 1.29 is 27.5 Å². The molecule has 44 heavy (non-hydrogen) atoms. The third-order valence-electron chi connectivity index (χ3n) is 7.67. The molecule has 5 aromatic rings. The molecule has 0 bridgehead atoms. The van der Waals surface area contributed by atoms with Gasteiger partial charge in [0.05, 0.1) is 12.3 Å². The van der Waals surface area contributed by atoms with Crippen LogP contribution in [0.2, 0.25) is 0 Å². The second kappa shape index (κ2) is 12.7. The zero-order chi connectivity index (χ0) is 30.7. The number of oxazole rings is 1. The lowest BCUT2D eigenvalue weighted by atomic mass is 9.92. The van der Waals surface area contributed by atoms with E-state index in [1.807, 2.05) is 61.5 Å². The number of pyridine rings is 1. The molecule has 6 rings (SSSR count). The number of ether oxygens (including phenoxy) is 1. The van der Waals surface area contributed by atoms with Gasteiger partial charge in [-0.1, -0.05) is 30.3 Å². The predicted octanol–water partition coefficient (Wildman–Crippen LogP) is 6.16. The Hall–Kier alpha value is -4.32. The molecule has 2 aromatic carbocycles. The summed E-state index contributed by atoms with van der Waals surface area (Å²) in [5.41, 5.74) is 5.13. The molecule has 0 spiro atoms. The molecular weight excluding hydrogens is 599 g/mol. The maximum atomic E-state index is 13.7. The minimum Gasteiger partial charge on any atom is -0.493 e. The van der Waals surface area contributed by atoms with Crippen LogP contribution in [0, 0.1) is 6.92 Å². The van der Waals surface area contributed by atoms with Crippen molar-refractivity contribution in [3.05, 3.63) is 107 Å². The van der Waals surface area contributed by atoms with Gasteiger partial charge in [0.25, 0.3) is 10.0 Å². The molecule has 1 N–H and O–H groups in total. The number of hydrogen-bond donors (Lipinski definition) is 1. The normalized spacial score (nSPS) is 13.5. The molecule has 0 aliphatic carbocycles. The van der Waals surface area contributed by atoms with E-state index in [9.17, 15) is 18.3 Å². The van der Waals surface area contributed by atoms with Gasteiger partial charge < -0.3 is 14.3 Å². The SMILES string of the molecule is Cc1oc(-c2ccccc2)nc1CCOc1ccc(CCC(=O)O)c2c1CCN(S(=O)(=O)c1ccc(-c3cccnc3)s1)C2. The first-order valence-electron chi connectivity index (χ1n) is 14.3. The summed E-state index contributed by atoms with van der Waals surface area (Å²) in [7, 11) is -3.78. The van der Waals surface area contributed by atoms with E-state index in [0.717, 1.165) is 44.1 Å². The van der Waals surface area contributed by atoms with Crippen molar-refractivity contribution >= 4 is 27.3 Å². The molecule has 226 valence electrons. The van der Waals surface area contributed by atoms with Gasteiger partial charge in [0.15, 0.2) is 0 Å². The Bertz CT molecular complexity index is 1890. The molecule has 1 aliphatic rings. The van der Waals surface area contributed by atoms with Crippen molar-refractivity contribution in [1.82, 2.24) is 14.3 Å². The van der Waals surface area contributed by atoms with E-state index in [1.165, 1.54) is 15.6 Å². The molecule has 0 saturated carbocycles. The number of carboxylic acid groups (broad SMARTS) is 1. The van der Waals surface area contributed by atoms with Crippen molar-refractivity contribution in [2.24, 2.45) is 0 Å². The number of aromatic nitrogens is 2. The van der Waals surface area contributed by atoms with Crippen molar-refractivity contribution in [3.63, 3.8) is 0 Å². The molecule has 4 heterocycles. The number of benzene rings is 2. The van der Waals surface area contributed by atoms with Crippen LogP contribution in [0.3, 0.4) is 0 Å². The highest BCUT2D eigenvalue weighted by Crippen LogP contribution is 2.37. The van der Waals surface area contributed by atoms with Crippen LogP contribution in [-0.2, 0) is 40.6 Å². The molecule has 0 fully saturated rings. The van der Waals surface area contributed by atoms with Crippen LogP contribution >= 0.6 is 11.3 Å². The standard InChI is InChI=1S/C33H31N3O6S2/c1-22-28(35-33(42-22)24-6-3-2-4-7-24)16-19-41-29-11-9-23(10-13-31(37)38)27-21-36(18-15-26(27)29)44(39,40)32-14-12-30(43-32)25-8-5-17-34-20-25/h2-9,11-12,14,17,20H,10,13,15-16,18-19,21H2,1H3,(H,37,38). The Morgan fingerprint density at radius 1 is 1.02 bits per heavy atom. The average molecular weight is 630 g/mol. The summed E-state index contributed by atoms with van der Waals surface area (Å²) in [6.07, 6.45) is 4.63. The summed E-state index contributed by atoms with van der Waals surface area (Å²) in [6, 6.07) is 20.6. The molecule has 0 radical (unpaired) electrons. The second-order valence-electron chi connectivity index (χ2n) is 10.5. The average Bonchev–Trinajstić information content (AvgIpc) is 3.69. The minimum absolute atomic E-state index is 0.0476. The number of thiophene rings is 1. The fourth-order valence-corrected chi connectivity index (χ4v) is 8.23. The minimum atomic E-state index is -3.78. The van der Waals surface area contributed by atoms with E-state index in [1.54, 1.807) is 24.5 Å². The highest BCUT2D eigenvalue weighted by molar-refractivity contribution is 7.91. The summed E-state index contributed by atoms with van der Waals surface area (Å²) in [4.78, 5) is 21.0. The molecule has 9 nitrogen and oxygen atoms in total. The number of carbonyl (C=O) groups is 1. The summed E-state index contributed by atoms with van der Waals surface area (Å²) in [6.45, 7) is 2.68. The number of aryl methyl sites for hydroxylation is 2. The van der Waals surface area contributed by atoms with Gasteiger partial charge in [0, 0.05) is 59.9 Å². The number of fused-ring (bicyclic) bond motifs is 1. The highest BCUT2D eigenvalue weighted by atomic mass is 32.2. The van der Waals surface area contributed by atoms with Crippen molar-refractivity contribution in [3.8, 4) is 27.6 Å². The summed E-state index contributed by atoms with van der Waals surface area (Å²) >= 11 is 1.21. The molecular formula is C33H31N3O6S2. The maximum Gasteiger partial charge on any atom is 0.303 e. The van der Waals surface area contributed by atoms with E-state index in [4.69, 9.17) is 9.15 Å². The van der Waals surface area contributed by atoms with Crippen LogP contribution in [0.1, 0.15) is 34.6 Å². The lowest BCUT2D eigenvalue weighted by molar-refractivity contribution is -0.136. The Balaban J connectivity index is 1.21. The predicted molar refractivity (Wildman–Crippen MR) is 167 cm³/mol. The third-order valence-corrected chi connectivity index (χ3v) is 11.1. The van der Waals surface area contributed by atoms with Crippen molar-refractivity contribution in [2.75, 3.05) is 13.2 Å². The van der Waals surface area contributed by atoms with E-state index in [-0.39, 0.29) is 23.7 Å². The molecule has 0 amide bonds. The van der Waals surface area contributed by atoms with Crippen molar-refractivity contribution in [1.29, 1.82) is 0 Å². The van der Waals surface area contributed by atoms with E-state index in [0.29, 0.717) is 37.5 Å². The molecule has 3 aromatic heterocycles. The van der Waals surface area contributed by atoms with Gasteiger partial charge in [-0.05, 0) is 67.3 Å². The smallest absolute Gasteiger partial charge is 0.303 e. The topological polar surface area (TPSA) is 123 Å². The van der Waals surface area contributed by atoms with E-state index >= 15 is 0 Å². The van der Waals surface area contributed by atoms with Crippen LogP contribution < -0.4 is 4.74 Å². The number of rotatable bonds is 11. The van der Waals surface area contributed by atoms with E-state index < -0.39 is 16.0 Å². The number of nitrogens with zero attached hydrogens (tertiary/aromatic N) is 3. The zero-order valence-corrected chi connectivity index (χ0v) is 25.7. The largest absolute Gasteiger partial charge is 0.493 e. The first-order valence-corrected chi connectivity index (χ1v) is 16.6. The van der Waals surface area contributed by atoms with Crippen LogP contribution in [0.15, 0.2) is 87.8 Å². The highest BCUT2D eigenvalue weighted by Gasteiger charge is 2.32. The Labute approximate surface area is 259 Å². The van der Waals surface area contributed by atoms with Crippen molar-refractivity contribution in [2.45, 2.75) is 43.4 Å². The summed E-state index contributed by atoms with van der Waals surface area (Å²) in [5.74, 6) is 1.08. The summed E-state index contributed by atoms with van der Waals surface area (Å²) in [5, 5.41) is 9.33. The van der Waals surface area contributed by atoms with Crippen LogP contribution in [0.5, 0.6) is 5.75 Å². The summed E-state index contributed by atoms with van der Waals surface area (Å²) < 4.78 is 41.4. The maximum absolute atomic E-state index is 13.7. The van der Waals surface area contributed by atoms with Gasteiger partial charge in [-0.3, -0.25) is 9.78 Å². The second-order valence-corrected chi connectivity index (χ2v) is 13.8. The first kappa shape index (κ1) is 29.7. The number of sulfonamides is 1. The lowest BCUT2D eigenvalue weighted by Crippen LogP contribution is -2.36. The number of carboxylic acids is 1. The fraction of sp³-hybridized carbons (Fsp3) is 0.242. The Morgan fingerprint density at radius 2 is 1.84 bits per heavy atom. The first-order chi connectivity index (χ1) is 21.3. The monoisotopic (exact) mass is 629 g/mol.